The zero-order valence-electron chi connectivity index (χ0n) is 15.4. The van der Waals surface area contributed by atoms with E-state index in [1.807, 2.05) is 18.2 Å². The molecule has 0 spiro atoms. The molecule has 1 aromatic carbocycles. The number of imidazole rings is 1. The summed E-state index contributed by atoms with van der Waals surface area (Å²) in [6.45, 7) is 4.49. The smallest absolute Gasteiger partial charge is 0.222 e. The average molecular weight is 355 g/mol. The summed E-state index contributed by atoms with van der Waals surface area (Å²) < 4.78 is 6.99. The molecule has 0 bridgehead atoms. The molecule has 2 heterocycles. The average Bonchev–Trinajstić information content (AvgIpc) is 3.21. The van der Waals surface area contributed by atoms with Crippen LogP contribution in [0.4, 0.5) is 5.82 Å². The molecule has 0 saturated carbocycles. The third-order valence-electron chi connectivity index (χ3n) is 4.38. The van der Waals surface area contributed by atoms with E-state index < -0.39 is 0 Å². The molecular formula is C19H25N5O2. The predicted molar refractivity (Wildman–Crippen MR) is 101 cm³/mol. The van der Waals surface area contributed by atoms with Crippen LogP contribution in [-0.4, -0.2) is 25.8 Å². The Balaban J connectivity index is 1.85. The first-order valence-electron chi connectivity index (χ1n) is 9.26. The monoisotopic (exact) mass is 355 g/mol. The van der Waals surface area contributed by atoms with Gasteiger partial charge in [0.05, 0.1) is 11.0 Å². The molecule has 1 N–H and O–H groups in total. The number of rotatable bonds is 9. The number of fused-ring (bicyclic) bond motifs is 1. The molecule has 1 amide bonds. The molecule has 138 valence electrons. The maximum atomic E-state index is 11.4. The molecule has 0 aliphatic heterocycles. The third-order valence-corrected chi connectivity index (χ3v) is 4.38. The Hall–Kier alpha value is -2.70. The molecule has 0 saturated heterocycles. The van der Waals surface area contributed by atoms with E-state index in [9.17, 15) is 4.79 Å². The Bertz CT molecular complexity index is 868. The van der Waals surface area contributed by atoms with Gasteiger partial charge in [-0.2, -0.15) is 0 Å². The Morgan fingerprint density at radius 1 is 1.12 bits per heavy atom. The summed E-state index contributed by atoms with van der Waals surface area (Å²) in [6.07, 6.45) is 7.33. The van der Waals surface area contributed by atoms with Crippen molar-refractivity contribution in [2.24, 2.45) is 0 Å². The lowest BCUT2D eigenvalue weighted by atomic mass is 10.1. The topological polar surface area (TPSA) is 85.8 Å². The zero-order chi connectivity index (χ0) is 18.4. The van der Waals surface area contributed by atoms with Crippen LogP contribution in [-0.2, 0) is 11.3 Å². The number of nitrogens with zero attached hydrogens (tertiary/aromatic N) is 4. The Kier molecular flexibility index (Phi) is 5.99. The van der Waals surface area contributed by atoms with Crippen molar-refractivity contribution in [1.82, 2.24) is 19.9 Å². The number of nitrogens with one attached hydrogen (secondary N) is 1. The minimum atomic E-state index is -0.222. The van der Waals surface area contributed by atoms with Gasteiger partial charge in [0.1, 0.15) is 0 Å². The SMILES string of the molecule is CCCCCCCCn1c(-c2nonc2NC(C)=O)nc2ccccc21. The number of aryl methyl sites for hydroxylation is 1. The van der Waals surface area contributed by atoms with Gasteiger partial charge in [-0.15, -0.1) is 0 Å². The Labute approximate surface area is 152 Å². The van der Waals surface area contributed by atoms with Crippen LogP contribution in [0, 0.1) is 0 Å². The summed E-state index contributed by atoms with van der Waals surface area (Å²) in [6, 6.07) is 7.99. The lowest BCUT2D eigenvalue weighted by Gasteiger charge is -2.08. The van der Waals surface area contributed by atoms with E-state index in [1.165, 1.54) is 39.0 Å². The van der Waals surface area contributed by atoms with E-state index in [0.29, 0.717) is 17.3 Å². The van der Waals surface area contributed by atoms with Crippen molar-refractivity contribution in [3.63, 3.8) is 0 Å². The van der Waals surface area contributed by atoms with E-state index in [-0.39, 0.29) is 5.91 Å². The molecule has 0 radical (unpaired) electrons. The number of hydrogen-bond donors (Lipinski definition) is 1. The molecule has 0 atom stereocenters. The van der Waals surface area contributed by atoms with Gasteiger partial charge in [-0.1, -0.05) is 51.2 Å². The molecule has 0 aliphatic carbocycles. The van der Waals surface area contributed by atoms with Gasteiger partial charge in [-0.3, -0.25) is 4.79 Å². The summed E-state index contributed by atoms with van der Waals surface area (Å²) in [7, 11) is 0. The second kappa shape index (κ2) is 8.60. The number of hydrogen-bond acceptors (Lipinski definition) is 5. The molecule has 0 unspecified atom stereocenters. The number of aromatic nitrogens is 4. The van der Waals surface area contributed by atoms with Crippen LogP contribution in [0.5, 0.6) is 0 Å². The van der Waals surface area contributed by atoms with Gasteiger partial charge in [0.15, 0.2) is 11.5 Å². The second-order valence-electron chi connectivity index (χ2n) is 6.49. The number of amides is 1. The number of anilines is 1. The zero-order valence-corrected chi connectivity index (χ0v) is 15.4. The van der Waals surface area contributed by atoms with Crippen molar-refractivity contribution in [1.29, 1.82) is 0 Å². The standard InChI is InChI=1S/C19H25N5O2/c1-3-4-5-6-7-10-13-24-16-12-9-8-11-15(16)21-19(24)17-18(20-14(2)25)23-26-22-17/h8-9,11-12H,3-7,10,13H2,1-2H3,(H,20,23,25). The van der Waals surface area contributed by atoms with Gasteiger partial charge in [0, 0.05) is 13.5 Å². The van der Waals surface area contributed by atoms with Crippen LogP contribution in [0.2, 0.25) is 0 Å². The summed E-state index contributed by atoms with van der Waals surface area (Å²) >= 11 is 0. The minimum absolute atomic E-state index is 0.222. The highest BCUT2D eigenvalue weighted by Crippen LogP contribution is 2.28. The molecule has 3 aromatic rings. The fourth-order valence-electron chi connectivity index (χ4n) is 3.12. The normalized spacial score (nSPS) is 11.2. The predicted octanol–water partition coefficient (Wildman–Crippen LogP) is 4.41. The van der Waals surface area contributed by atoms with Crippen LogP contribution in [0.25, 0.3) is 22.6 Å². The summed E-state index contributed by atoms with van der Waals surface area (Å²) in [5.41, 5.74) is 2.40. The maximum Gasteiger partial charge on any atom is 0.222 e. The van der Waals surface area contributed by atoms with Gasteiger partial charge < -0.3 is 9.88 Å². The van der Waals surface area contributed by atoms with Gasteiger partial charge in [-0.05, 0) is 28.9 Å². The largest absolute Gasteiger partial charge is 0.322 e. The minimum Gasteiger partial charge on any atom is -0.322 e. The van der Waals surface area contributed by atoms with Crippen molar-refractivity contribution in [2.75, 3.05) is 5.32 Å². The molecule has 7 heteroatoms. The van der Waals surface area contributed by atoms with Crippen molar-refractivity contribution in [2.45, 2.75) is 58.9 Å². The van der Waals surface area contributed by atoms with Gasteiger partial charge in [-0.25, -0.2) is 9.61 Å². The van der Waals surface area contributed by atoms with Crippen LogP contribution >= 0.6 is 0 Å². The van der Waals surface area contributed by atoms with Crippen molar-refractivity contribution >= 4 is 22.8 Å². The van der Waals surface area contributed by atoms with Crippen molar-refractivity contribution in [3.8, 4) is 11.5 Å². The van der Waals surface area contributed by atoms with Crippen molar-refractivity contribution < 1.29 is 9.42 Å². The van der Waals surface area contributed by atoms with E-state index >= 15 is 0 Å². The number of unbranched alkanes of at least 4 members (excludes halogenated alkanes) is 5. The Morgan fingerprint density at radius 3 is 2.69 bits per heavy atom. The third kappa shape index (κ3) is 4.09. The maximum absolute atomic E-state index is 11.4. The van der Waals surface area contributed by atoms with Gasteiger partial charge in [0.2, 0.25) is 11.7 Å². The molecule has 0 aliphatic rings. The van der Waals surface area contributed by atoms with Crippen LogP contribution < -0.4 is 5.32 Å². The first-order chi connectivity index (χ1) is 12.7. The number of benzene rings is 1. The molecule has 0 fully saturated rings. The summed E-state index contributed by atoms with van der Waals surface area (Å²) in [4.78, 5) is 16.1. The molecule has 3 rings (SSSR count). The lowest BCUT2D eigenvalue weighted by Crippen LogP contribution is -2.08. The van der Waals surface area contributed by atoms with E-state index in [4.69, 9.17) is 9.61 Å². The van der Waals surface area contributed by atoms with Crippen LogP contribution in [0.1, 0.15) is 52.4 Å². The molecular weight excluding hydrogens is 330 g/mol. The fraction of sp³-hybridized carbons (Fsp3) is 0.474. The van der Waals surface area contributed by atoms with Crippen molar-refractivity contribution in [3.05, 3.63) is 24.3 Å². The van der Waals surface area contributed by atoms with Crippen LogP contribution in [0.15, 0.2) is 28.9 Å². The van der Waals surface area contributed by atoms with E-state index in [2.05, 4.69) is 33.2 Å². The molecule has 7 nitrogen and oxygen atoms in total. The van der Waals surface area contributed by atoms with E-state index in [0.717, 1.165) is 24.0 Å². The number of carbonyl (C=O) groups is 1. The van der Waals surface area contributed by atoms with Crippen LogP contribution in [0.3, 0.4) is 0 Å². The molecule has 26 heavy (non-hydrogen) atoms. The quantitative estimate of drug-likeness (QED) is 0.575. The number of carbonyl (C=O) groups excluding carboxylic acids is 1. The number of para-hydroxylation sites is 2. The summed E-state index contributed by atoms with van der Waals surface area (Å²) in [5, 5.41) is 10.4. The van der Waals surface area contributed by atoms with E-state index in [1.54, 1.807) is 0 Å². The highest BCUT2D eigenvalue weighted by atomic mass is 16.6. The second-order valence-corrected chi connectivity index (χ2v) is 6.49. The molecule has 2 aromatic heterocycles. The lowest BCUT2D eigenvalue weighted by molar-refractivity contribution is -0.114. The van der Waals surface area contributed by atoms with Gasteiger partial charge in [0.25, 0.3) is 0 Å². The van der Waals surface area contributed by atoms with Gasteiger partial charge >= 0.3 is 0 Å². The fourth-order valence-corrected chi connectivity index (χ4v) is 3.12. The summed E-state index contributed by atoms with van der Waals surface area (Å²) in [5.74, 6) is 0.752. The Morgan fingerprint density at radius 2 is 1.88 bits per heavy atom. The highest BCUT2D eigenvalue weighted by molar-refractivity contribution is 5.91. The highest BCUT2D eigenvalue weighted by Gasteiger charge is 2.21. The first kappa shape index (κ1) is 18.1. The first-order valence-corrected chi connectivity index (χ1v) is 9.26.